The van der Waals surface area contributed by atoms with Crippen molar-refractivity contribution in [2.45, 2.75) is 62.8 Å². The summed E-state index contributed by atoms with van der Waals surface area (Å²) in [5, 5.41) is 23.6. The van der Waals surface area contributed by atoms with E-state index in [1.54, 1.807) is 41.6 Å². The second-order valence-electron chi connectivity index (χ2n) is 9.24. The van der Waals surface area contributed by atoms with Gasteiger partial charge in [0.1, 0.15) is 22.9 Å². The Morgan fingerprint density at radius 3 is 2.83 bits per heavy atom. The highest BCUT2D eigenvalue weighted by Gasteiger charge is 2.33. The lowest BCUT2D eigenvalue weighted by Gasteiger charge is -2.35. The molecule has 4 N–H and O–H groups in total. The molecule has 1 unspecified atom stereocenters. The number of nitrogens with one attached hydrogen (secondary N) is 3. The van der Waals surface area contributed by atoms with E-state index < -0.39 is 0 Å². The van der Waals surface area contributed by atoms with Crippen LogP contribution in [0.5, 0.6) is 0 Å². The molecule has 3 aromatic rings. The van der Waals surface area contributed by atoms with Crippen molar-refractivity contribution in [3.05, 3.63) is 46.5 Å². The van der Waals surface area contributed by atoms with Crippen LogP contribution in [0.25, 0.3) is 5.65 Å². The van der Waals surface area contributed by atoms with Crippen LogP contribution in [0.3, 0.4) is 0 Å². The molecule has 2 saturated carbocycles. The maximum atomic E-state index is 13.2. The number of amides is 1. The summed E-state index contributed by atoms with van der Waals surface area (Å²) in [6.45, 7) is 0. The molecule has 3 heterocycles. The largest absolute Gasteiger partial charge is 0.393 e. The van der Waals surface area contributed by atoms with Gasteiger partial charge in [-0.3, -0.25) is 9.59 Å². The van der Waals surface area contributed by atoms with Crippen LogP contribution in [0.1, 0.15) is 54.9 Å². The first-order valence-electron chi connectivity index (χ1n) is 12.0. The number of pyridine rings is 1. The monoisotopic (exact) mass is 481 g/mol. The molecule has 3 aromatic heterocycles. The van der Waals surface area contributed by atoms with Crippen LogP contribution in [-0.2, 0) is 4.74 Å². The molecule has 2 aliphatic carbocycles. The fraction of sp³-hybridized carbons (Fsp3) is 0.500. The van der Waals surface area contributed by atoms with Crippen molar-refractivity contribution in [1.82, 2.24) is 24.5 Å². The maximum Gasteiger partial charge on any atom is 0.274 e. The van der Waals surface area contributed by atoms with E-state index in [-0.39, 0.29) is 35.8 Å². The van der Waals surface area contributed by atoms with Gasteiger partial charge in [-0.1, -0.05) is 0 Å². The highest BCUT2D eigenvalue weighted by Crippen LogP contribution is 2.28. The third kappa shape index (κ3) is 4.48. The summed E-state index contributed by atoms with van der Waals surface area (Å²) in [6.07, 6.45) is 7.75. The lowest BCUT2D eigenvalue weighted by atomic mass is 9.89. The second-order valence-corrected chi connectivity index (χ2v) is 9.24. The molecule has 0 bridgehead atoms. The van der Waals surface area contributed by atoms with E-state index in [0.29, 0.717) is 35.0 Å². The van der Waals surface area contributed by atoms with Gasteiger partial charge in [-0.05, 0) is 50.7 Å². The SMILES string of the molecule is CNc1cc(Nc2cccn([C@@H]3CCC[C@@H](O)C3)c2=O)nc2c(C(=O)NC3CC[C@H]3OC)cnn12. The Morgan fingerprint density at radius 2 is 2.11 bits per heavy atom. The Morgan fingerprint density at radius 1 is 1.26 bits per heavy atom. The minimum absolute atomic E-state index is 0.0179. The molecule has 0 radical (unpaired) electrons. The van der Waals surface area contributed by atoms with Gasteiger partial charge in [0.2, 0.25) is 0 Å². The second kappa shape index (κ2) is 9.67. The summed E-state index contributed by atoms with van der Waals surface area (Å²) >= 11 is 0. The van der Waals surface area contributed by atoms with Crippen molar-refractivity contribution in [3.8, 4) is 0 Å². The number of nitrogens with zero attached hydrogens (tertiary/aromatic N) is 4. The van der Waals surface area contributed by atoms with Crippen molar-refractivity contribution in [2.24, 2.45) is 0 Å². The summed E-state index contributed by atoms with van der Waals surface area (Å²) < 4.78 is 8.62. The average molecular weight is 482 g/mol. The molecule has 0 spiro atoms. The van der Waals surface area contributed by atoms with Gasteiger partial charge in [0.25, 0.3) is 11.5 Å². The summed E-state index contributed by atoms with van der Waals surface area (Å²) in [5.74, 6) is 0.756. The zero-order chi connectivity index (χ0) is 24.5. The smallest absolute Gasteiger partial charge is 0.274 e. The van der Waals surface area contributed by atoms with Gasteiger partial charge in [-0.2, -0.15) is 9.61 Å². The fourth-order valence-electron chi connectivity index (χ4n) is 4.95. The minimum Gasteiger partial charge on any atom is -0.393 e. The van der Waals surface area contributed by atoms with Crippen molar-refractivity contribution >= 4 is 28.9 Å². The van der Waals surface area contributed by atoms with E-state index in [1.807, 2.05) is 6.07 Å². The number of rotatable bonds is 7. The third-order valence-electron chi connectivity index (χ3n) is 7.05. The Balaban J connectivity index is 1.44. The Labute approximate surface area is 202 Å². The molecule has 2 aliphatic rings. The van der Waals surface area contributed by atoms with Gasteiger partial charge >= 0.3 is 0 Å². The van der Waals surface area contributed by atoms with Crippen LogP contribution in [0.2, 0.25) is 0 Å². The number of anilines is 3. The molecule has 11 nitrogen and oxygen atoms in total. The Hall–Kier alpha value is -3.44. The van der Waals surface area contributed by atoms with Gasteiger partial charge in [0.15, 0.2) is 5.65 Å². The number of methoxy groups -OCH3 is 1. The van der Waals surface area contributed by atoms with E-state index in [1.165, 1.54) is 6.20 Å². The predicted octanol–water partition coefficient (Wildman–Crippen LogP) is 2.06. The van der Waals surface area contributed by atoms with Crippen LogP contribution in [0, 0.1) is 0 Å². The van der Waals surface area contributed by atoms with Crippen LogP contribution >= 0.6 is 0 Å². The quantitative estimate of drug-likeness (QED) is 0.403. The van der Waals surface area contributed by atoms with Crippen LogP contribution in [0.15, 0.2) is 35.4 Å². The minimum atomic E-state index is -0.384. The fourth-order valence-corrected chi connectivity index (χ4v) is 4.95. The number of carbonyl (C=O) groups is 1. The first-order valence-corrected chi connectivity index (χ1v) is 12.0. The predicted molar refractivity (Wildman–Crippen MR) is 131 cm³/mol. The van der Waals surface area contributed by atoms with Gasteiger partial charge in [0, 0.05) is 32.5 Å². The van der Waals surface area contributed by atoms with Crippen LogP contribution < -0.4 is 21.5 Å². The molecule has 4 atom stereocenters. The molecular weight excluding hydrogens is 450 g/mol. The average Bonchev–Trinajstić information content (AvgIpc) is 3.27. The molecule has 0 aromatic carbocycles. The number of aliphatic hydroxyl groups excluding tert-OH is 1. The molecule has 2 fully saturated rings. The molecule has 35 heavy (non-hydrogen) atoms. The summed E-state index contributed by atoms with van der Waals surface area (Å²) in [7, 11) is 3.40. The van der Waals surface area contributed by atoms with E-state index in [2.05, 4.69) is 26.0 Å². The Bertz CT molecular complexity index is 1280. The standard InChI is InChI=1S/C24H31N7O4/c1-25-21-12-20(27-18-7-4-10-30(24(18)34)14-5-3-6-15(32)11-14)29-22-16(13-26-31(21)22)23(33)28-17-8-9-19(17)35-2/h4,7,10,12-15,17,19,25,32H,3,5-6,8-9,11H2,1-2H3,(H,27,29)(H,28,33)/t14-,15-,17?,19-/m1/s1. The van der Waals surface area contributed by atoms with Gasteiger partial charge in [0.05, 0.1) is 24.4 Å². The zero-order valence-corrected chi connectivity index (χ0v) is 19.9. The lowest BCUT2D eigenvalue weighted by Crippen LogP contribution is -2.51. The van der Waals surface area contributed by atoms with Crippen LogP contribution in [0.4, 0.5) is 17.3 Å². The van der Waals surface area contributed by atoms with E-state index in [9.17, 15) is 14.7 Å². The molecule has 0 saturated heterocycles. The van der Waals surface area contributed by atoms with Crippen molar-refractivity contribution in [3.63, 3.8) is 0 Å². The number of hydrogen-bond acceptors (Lipinski definition) is 8. The van der Waals surface area contributed by atoms with Crippen LogP contribution in [-0.4, -0.2) is 62.6 Å². The van der Waals surface area contributed by atoms with Gasteiger partial charge in [-0.15, -0.1) is 0 Å². The first kappa shape index (κ1) is 23.3. The summed E-state index contributed by atoms with van der Waals surface area (Å²) in [4.78, 5) is 30.8. The molecule has 5 rings (SSSR count). The molecule has 11 heteroatoms. The summed E-state index contributed by atoms with van der Waals surface area (Å²) in [5.41, 5.74) is 0.904. The van der Waals surface area contributed by atoms with Crippen molar-refractivity contribution in [1.29, 1.82) is 0 Å². The summed E-state index contributed by atoms with van der Waals surface area (Å²) in [6, 6.07) is 5.17. The topological polar surface area (TPSA) is 135 Å². The number of fused-ring (bicyclic) bond motifs is 1. The highest BCUT2D eigenvalue weighted by atomic mass is 16.5. The number of aromatic nitrogens is 4. The molecule has 1 amide bonds. The Kier molecular flexibility index (Phi) is 6.44. The van der Waals surface area contributed by atoms with E-state index >= 15 is 0 Å². The van der Waals surface area contributed by atoms with E-state index in [0.717, 1.165) is 32.1 Å². The number of aliphatic hydroxyl groups is 1. The van der Waals surface area contributed by atoms with Gasteiger partial charge < -0.3 is 30.4 Å². The third-order valence-corrected chi connectivity index (χ3v) is 7.05. The van der Waals surface area contributed by atoms with Crippen molar-refractivity contribution in [2.75, 3.05) is 24.8 Å². The maximum absolute atomic E-state index is 13.2. The molecule has 186 valence electrons. The van der Waals surface area contributed by atoms with Gasteiger partial charge in [-0.25, -0.2) is 4.98 Å². The normalized spacial score (nSPS) is 24.1. The van der Waals surface area contributed by atoms with Crippen molar-refractivity contribution < 1.29 is 14.6 Å². The molecule has 0 aliphatic heterocycles. The zero-order valence-electron chi connectivity index (χ0n) is 19.9. The number of ether oxygens (including phenoxy) is 1. The van der Waals surface area contributed by atoms with E-state index in [4.69, 9.17) is 4.74 Å². The molecular formula is C24H31N7O4. The lowest BCUT2D eigenvalue weighted by molar-refractivity contribution is 0.00732. The first-order chi connectivity index (χ1) is 17.0. The number of hydrogen-bond donors (Lipinski definition) is 4. The number of carbonyl (C=O) groups excluding carboxylic acids is 1. The highest BCUT2D eigenvalue weighted by molar-refractivity contribution is 6.00.